The summed E-state index contributed by atoms with van der Waals surface area (Å²) in [4.78, 5) is 14.9. The van der Waals surface area contributed by atoms with E-state index in [1.165, 1.54) is 12.1 Å². The minimum atomic E-state index is -0.238. The third-order valence-electron chi connectivity index (χ3n) is 3.27. The third-order valence-corrected chi connectivity index (χ3v) is 3.27. The van der Waals surface area contributed by atoms with Gasteiger partial charge in [0.2, 0.25) is 0 Å². The van der Waals surface area contributed by atoms with Crippen molar-refractivity contribution >= 4 is 0 Å². The summed E-state index contributed by atoms with van der Waals surface area (Å²) in [5.41, 5.74) is 1.33. The highest BCUT2D eigenvalue weighted by Crippen LogP contribution is 2.04. The second kappa shape index (κ2) is 11.1. The summed E-state index contributed by atoms with van der Waals surface area (Å²) in [6.45, 7) is 7.36. The average Bonchev–Trinajstić information content (AvgIpc) is 2.57. The molecule has 1 aromatic rings. The molecule has 7 nitrogen and oxygen atoms in total. The monoisotopic (exact) mass is 339 g/mol. The smallest absolute Gasteiger partial charge is 0.182 e. The molecule has 0 amide bonds. The van der Waals surface area contributed by atoms with Crippen molar-refractivity contribution in [1.82, 2.24) is 4.98 Å². The third kappa shape index (κ3) is 7.37. The molecule has 1 aliphatic rings. The van der Waals surface area contributed by atoms with Crippen LogP contribution in [0.5, 0.6) is 0 Å². The van der Waals surface area contributed by atoms with E-state index in [1.54, 1.807) is 6.08 Å². The Morgan fingerprint density at radius 1 is 1.12 bits per heavy atom. The van der Waals surface area contributed by atoms with E-state index in [4.69, 9.17) is 23.7 Å². The Kier molecular flexibility index (Phi) is 8.72. The van der Waals surface area contributed by atoms with Crippen LogP contribution >= 0.6 is 0 Å². The second-order valence-corrected chi connectivity index (χ2v) is 5.37. The zero-order valence-electron chi connectivity index (χ0n) is 13.8. The van der Waals surface area contributed by atoms with Gasteiger partial charge < -0.3 is 28.7 Å². The number of ether oxygens (including phenoxy) is 5. The first-order chi connectivity index (χ1) is 11.8. The van der Waals surface area contributed by atoms with Gasteiger partial charge in [0.15, 0.2) is 5.43 Å². The van der Waals surface area contributed by atoms with E-state index < -0.39 is 0 Å². The second-order valence-electron chi connectivity index (χ2n) is 5.37. The summed E-state index contributed by atoms with van der Waals surface area (Å²) in [6.07, 6.45) is 1.45. The zero-order chi connectivity index (χ0) is 17.0. The summed E-state index contributed by atoms with van der Waals surface area (Å²) in [7, 11) is 0. The minimum Gasteiger partial charge on any atom is -0.377 e. The molecule has 0 saturated heterocycles. The van der Waals surface area contributed by atoms with Crippen molar-refractivity contribution in [3.8, 4) is 0 Å². The van der Waals surface area contributed by atoms with E-state index in [0.717, 1.165) is 0 Å². The van der Waals surface area contributed by atoms with Gasteiger partial charge in [0, 0.05) is 23.5 Å². The lowest BCUT2D eigenvalue weighted by Gasteiger charge is -2.18. The molecule has 0 fully saturated rings. The molecule has 2 rings (SSSR count). The SMILES string of the molecule is C=CCOCC1COCCOCCOCc2cc(=O)cc([nH]2)CO1. The average molecular weight is 339 g/mol. The van der Waals surface area contributed by atoms with Crippen LogP contribution in [0.3, 0.4) is 0 Å². The molecule has 24 heavy (non-hydrogen) atoms. The molecule has 0 spiro atoms. The largest absolute Gasteiger partial charge is 0.377 e. The fourth-order valence-electron chi connectivity index (χ4n) is 2.19. The molecule has 1 N–H and O–H groups in total. The summed E-state index contributed by atoms with van der Waals surface area (Å²) in [6, 6.07) is 3.05. The Hall–Kier alpha value is -1.51. The highest BCUT2D eigenvalue weighted by molar-refractivity contribution is 5.10. The number of aromatic nitrogens is 1. The van der Waals surface area contributed by atoms with Crippen LogP contribution in [0.15, 0.2) is 29.6 Å². The van der Waals surface area contributed by atoms with Crippen LogP contribution in [0.25, 0.3) is 0 Å². The highest BCUT2D eigenvalue weighted by atomic mass is 16.6. The number of rotatable bonds is 4. The molecular weight excluding hydrogens is 314 g/mol. The number of hydrogen-bond donors (Lipinski definition) is 1. The first-order valence-electron chi connectivity index (χ1n) is 8.03. The molecule has 7 heteroatoms. The Labute approximate surface area is 141 Å². The van der Waals surface area contributed by atoms with Crippen molar-refractivity contribution in [3.05, 3.63) is 46.4 Å². The molecular formula is C17H25NO6. The van der Waals surface area contributed by atoms with Crippen LogP contribution < -0.4 is 5.43 Å². The van der Waals surface area contributed by atoms with Crippen molar-refractivity contribution in [2.45, 2.75) is 19.3 Å². The van der Waals surface area contributed by atoms with Gasteiger partial charge in [0.1, 0.15) is 6.10 Å². The van der Waals surface area contributed by atoms with Crippen LogP contribution in [0.2, 0.25) is 0 Å². The van der Waals surface area contributed by atoms with Gasteiger partial charge in [0.05, 0.1) is 59.5 Å². The Bertz CT molecular complexity index is 544. The lowest BCUT2D eigenvalue weighted by Crippen LogP contribution is -2.27. The highest BCUT2D eigenvalue weighted by Gasteiger charge is 2.11. The molecule has 1 atom stereocenters. The summed E-state index contributed by atoms with van der Waals surface area (Å²) in [5.74, 6) is 0. The molecule has 0 saturated carbocycles. The first-order valence-corrected chi connectivity index (χ1v) is 8.03. The van der Waals surface area contributed by atoms with Gasteiger partial charge in [-0.25, -0.2) is 0 Å². The van der Waals surface area contributed by atoms with Gasteiger partial charge in [-0.3, -0.25) is 4.79 Å². The maximum Gasteiger partial charge on any atom is 0.182 e. The maximum atomic E-state index is 11.8. The normalized spacial score (nSPS) is 20.8. The summed E-state index contributed by atoms with van der Waals surface area (Å²) < 4.78 is 27.7. The summed E-state index contributed by atoms with van der Waals surface area (Å²) >= 11 is 0. The standard InChI is InChI=1S/C17H25NO6/c1-2-3-21-12-17-13-23-7-5-20-4-6-22-10-14-8-16(19)9-15(18-14)11-24-17/h2,8-9,17H,1,3-7,10-13H2,(H,18,19). The molecule has 1 aromatic heterocycles. The van der Waals surface area contributed by atoms with Gasteiger partial charge in [-0.2, -0.15) is 0 Å². The maximum absolute atomic E-state index is 11.8. The predicted octanol–water partition coefficient (Wildman–Crippen LogP) is 1.03. The van der Waals surface area contributed by atoms with Crippen LogP contribution in [0.4, 0.5) is 0 Å². The van der Waals surface area contributed by atoms with Gasteiger partial charge >= 0.3 is 0 Å². The molecule has 1 unspecified atom stereocenters. The molecule has 2 heterocycles. The van der Waals surface area contributed by atoms with E-state index in [-0.39, 0.29) is 18.1 Å². The predicted molar refractivity (Wildman–Crippen MR) is 87.9 cm³/mol. The lowest BCUT2D eigenvalue weighted by atomic mass is 10.3. The van der Waals surface area contributed by atoms with Crippen molar-refractivity contribution in [3.63, 3.8) is 0 Å². The molecule has 1 aliphatic heterocycles. The fourth-order valence-corrected chi connectivity index (χ4v) is 2.19. The van der Waals surface area contributed by atoms with Crippen LogP contribution in [-0.4, -0.2) is 57.3 Å². The lowest BCUT2D eigenvalue weighted by molar-refractivity contribution is -0.0716. The molecule has 0 aromatic carbocycles. The molecule has 0 radical (unpaired) electrons. The van der Waals surface area contributed by atoms with Gasteiger partial charge in [-0.1, -0.05) is 6.08 Å². The molecule has 2 bridgehead atoms. The summed E-state index contributed by atoms with van der Waals surface area (Å²) in [5, 5.41) is 0. The molecule has 0 aliphatic carbocycles. The number of aromatic amines is 1. The Morgan fingerprint density at radius 2 is 1.83 bits per heavy atom. The first kappa shape index (κ1) is 18.8. The van der Waals surface area contributed by atoms with Crippen LogP contribution in [0, 0.1) is 0 Å². The van der Waals surface area contributed by atoms with Gasteiger partial charge in [-0.05, 0) is 0 Å². The Morgan fingerprint density at radius 3 is 2.62 bits per heavy atom. The van der Waals surface area contributed by atoms with Crippen molar-refractivity contribution < 1.29 is 23.7 Å². The number of nitrogens with one attached hydrogen (secondary N) is 1. The van der Waals surface area contributed by atoms with Gasteiger partial charge in [-0.15, -0.1) is 6.58 Å². The van der Waals surface area contributed by atoms with E-state index in [0.29, 0.717) is 64.2 Å². The van der Waals surface area contributed by atoms with E-state index >= 15 is 0 Å². The number of fused-ring (bicyclic) bond motifs is 2. The van der Waals surface area contributed by atoms with Crippen molar-refractivity contribution in [2.24, 2.45) is 0 Å². The zero-order valence-corrected chi connectivity index (χ0v) is 13.8. The molecule has 134 valence electrons. The minimum absolute atomic E-state index is 0.0813. The topological polar surface area (TPSA) is 79.0 Å². The Balaban J connectivity index is 2.00. The van der Waals surface area contributed by atoms with Gasteiger partial charge in [0.25, 0.3) is 0 Å². The van der Waals surface area contributed by atoms with Crippen LogP contribution in [-0.2, 0) is 36.9 Å². The number of pyridine rings is 1. The number of H-pyrrole nitrogens is 1. The number of hydrogen-bond acceptors (Lipinski definition) is 6. The van der Waals surface area contributed by atoms with Crippen LogP contribution in [0.1, 0.15) is 11.4 Å². The quantitative estimate of drug-likeness (QED) is 0.652. The fraction of sp³-hybridized carbons (Fsp3) is 0.588. The van der Waals surface area contributed by atoms with E-state index in [2.05, 4.69) is 11.6 Å². The van der Waals surface area contributed by atoms with Crippen molar-refractivity contribution in [2.75, 3.05) is 46.2 Å². The van der Waals surface area contributed by atoms with E-state index in [1.807, 2.05) is 0 Å². The van der Waals surface area contributed by atoms with E-state index in [9.17, 15) is 4.79 Å². The van der Waals surface area contributed by atoms with Crippen molar-refractivity contribution in [1.29, 1.82) is 0 Å².